The van der Waals surface area contributed by atoms with Crippen LogP contribution in [0.5, 0.6) is 11.5 Å². The molecule has 166 valence electrons. The number of amides is 1. The third kappa shape index (κ3) is 7.00. The summed E-state index contributed by atoms with van der Waals surface area (Å²) in [7, 11) is 0. The number of carbonyl (C=O) groups is 2. The summed E-state index contributed by atoms with van der Waals surface area (Å²) in [5, 5.41) is 12.3. The van der Waals surface area contributed by atoms with Gasteiger partial charge in [0.05, 0.1) is 25.3 Å². The van der Waals surface area contributed by atoms with Crippen molar-refractivity contribution in [3.05, 3.63) is 59.2 Å². The van der Waals surface area contributed by atoms with Crippen LogP contribution >= 0.6 is 0 Å². The minimum absolute atomic E-state index is 0.0187. The van der Waals surface area contributed by atoms with Crippen LogP contribution in [0.15, 0.2) is 42.5 Å². The van der Waals surface area contributed by atoms with E-state index in [1.54, 1.807) is 18.2 Å². The highest BCUT2D eigenvalue weighted by Gasteiger charge is 2.17. The zero-order valence-electron chi connectivity index (χ0n) is 17.9. The Kier molecular flexibility index (Phi) is 8.29. The Bertz CT molecular complexity index is 882. The second kappa shape index (κ2) is 11.4. The first-order chi connectivity index (χ1) is 15.0. The van der Waals surface area contributed by atoms with Crippen LogP contribution in [0.25, 0.3) is 0 Å². The van der Waals surface area contributed by atoms with Crippen molar-refractivity contribution in [1.82, 2.24) is 10.2 Å². The summed E-state index contributed by atoms with van der Waals surface area (Å²) in [4.78, 5) is 25.9. The van der Waals surface area contributed by atoms with Crippen LogP contribution in [0.3, 0.4) is 0 Å². The van der Waals surface area contributed by atoms with Crippen molar-refractivity contribution in [2.75, 3.05) is 26.3 Å². The topological polar surface area (TPSA) is 88.1 Å². The van der Waals surface area contributed by atoms with Crippen molar-refractivity contribution in [3.8, 4) is 11.5 Å². The van der Waals surface area contributed by atoms with Gasteiger partial charge < -0.3 is 19.9 Å². The molecule has 0 aromatic heterocycles. The molecule has 1 aliphatic heterocycles. The molecule has 0 radical (unpaired) electrons. The van der Waals surface area contributed by atoms with Crippen molar-refractivity contribution in [2.45, 2.75) is 39.3 Å². The normalized spacial score (nSPS) is 16.0. The second-order valence-corrected chi connectivity index (χ2v) is 7.61. The molecule has 2 N–H and O–H groups in total. The van der Waals surface area contributed by atoms with Crippen LogP contribution in [-0.4, -0.2) is 48.2 Å². The molecule has 7 heteroatoms. The number of carboxylic acids is 1. The summed E-state index contributed by atoms with van der Waals surface area (Å²) in [6, 6.07) is 12.8. The van der Waals surface area contributed by atoms with Gasteiger partial charge in [0.15, 0.2) is 0 Å². The van der Waals surface area contributed by atoms with E-state index in [-0.39, 0.29) is 18.0 Å². The lowest BCUT2D eigenvalue weighted by Crippen LogP contribution is -2.37. The lowest BCUT2D eigenvalue weighted by Gasteiger charge is -2.23. The number of aromatic carboxylic acids is 1. The molecule has 0 aliphatic carbocycles. The first kappa shape index (κ1) is 22.6. The Hall–Kier alpha value is -3.06. The summed E-state index contributed by atoms with van der Waals surface area (Å²) in [6.45, 7) is 5.00. The van der Waals surface area contributed by atoms with Crippen LogP contribution in [0.1, 0.15) is 47.7 Å². The summed E-state index contributed by atoms with van der Waals surface area (Å²) >= 11 is 0. The lowest BCUT2D eigenvalue weighted by molar-refractivity contribution is -0.122. The third-order valence-corrected chi connectivity index (χ3v) is 5.12. The molecule has 0 atom stereocenters. The zero-order valence-corrected chi connectivity index (χ0v) is 17.9. The van der Waals surface area contributed by atoms with Gasteiger partial charge in [0, 0.05) is 25.2 Å². The number of fused-ring (bicyclic) bond motifs is 1. The second-order valence-electron chi connectivity index (χ2n) is 7.61. The minimum atomic E-state index is -0.986. The molecule has 3 rings (SSSR count). The number of carbonyl (C=O) groups excluding carboxylic acids is 1. The molecular weight excluding hydrogens is 396 g/mol. The highest BCUT2D eigenvalue weighted by Crippen LogP contribution is 2.24. The van der Waals surface area contributed by atoms with E-state index in [0.29, 0.717) is 38.6 Å². The average Bonchev–Trinajstić information content (AvgIpc) is 2.76. The van der Waals surface area contributed by atoms with Gasteiger partial charge in [-0.1, -0.05) is 18.2 Å². The van der Waals surface area contributed by atoms with Crippen LogP contribution in [-0.2, 0) is 17.9 Å². The number of hydrogen-bond acceptors (Lipinski definition) is 5. The molecule has 1 heterocycles. The Labute approximate surface area is 183 Å². The van der Waals surface area contributed by atoms with E-state index < -0.39 is 5.97 Å². The van der Waals surface area contributed by atoms with E-state index >= 15 is 0 Å². The van der Waals surface area contributed by atoms with Gasteiger partial charge in [0.25, 0.3) is 0 Å². The van der Waals surface area contributed by atoms with Gasteiger partial charge in [-0.2, -0.15) is 0 Å². The largest absolute Gasteiger partial charge is 0.494 e. The van der Waals surface area contributed by atoms with E-state index in [9.17, 15) is 14.7 Å². The smallest absolute Gasteiger partial charge is 0.335 e. The fourth-order valence-electron chi connectivity index (χ4n) is 3.55. The van der Waals surface area contributed by atoms with Crippen LogP contribution in [0.4, 0.5) is 0 Å². The first-order valence-corrected chi connectivity index (χ1v) is 10.7. The van der Waals surface area contributed by atoms with Gasteiger partial charge >= 0.3 is 5.97 Å². The fraction of sp³-hybridized carbons (Fsp3) is 0.417. The number of rotatable bonds is 5. The van der Waals surface area contributed by atoms with Crippen LogP contribution in [0, 0.1) is 0 Å². The predicted molar refractivity (Wildman–Crippen MR) is 117 cm³/mol. The van der Waals surface area contributed by atoms with Gasteiger partial charge in [-0.25, -0.2) is 4.79 Å². The van der Waals surface area contributed by atoms with E-state index in [2.05, 4.69) is 5.32 Å². The summed E-state index contributed by atoms with van der Waals surface area (Å²) in [5.41, 5.74) is 2.12. The molecule has 0 fully saturated rings. The summed E-state index contributed by atoms with van der Waals surface area (Å²) < 4.78 is 11.5. The highest BCUT2D eigenvalue weighted by atomic mass is 16.5. The molecule has 0 saturated carbocycles. The molecular formula is C24H30N2O5. The van der Waals surface area contributed by atoms with Crippen LogP contribution in [0.2, 0.25) is 0 Å². The maximum atomic E-state index is 12.5. The molecule has 0 bridgehead atoms. The molecule has 2 aromatic rings. The zero-order chi connectivity index (χ0) is 22.1. The number of hydrogen-bond donors (Lipinski definition) is 2. The first-order valence-electron chi connectivity index (χ1n) is 10.7. The van der Waals surface area contributed by atoms with Crippen molar-refractivity contribution >= 4 is 11.9 Å². The quantitative estimate of drug-likeness (QED) is 0.761. The number of carboxylic acid groups (broad SMARTS) is 1. The third-order valence-electron chi connectivity index (χ3n) is 5.12. The van der Waals surface area contributed by atoms with Gasteiger partial charge in [-0.05, 0) is 56.0 Å². The van der Waals surface area contributed by atoms with Gasteiger partial charge in [-0.15, -0.1) is 0 Å². The molecule has 7 nitrogen and oxygen atoms in total. The molecule has 31 heavy (non-hydrogen) atoms. The van der Waals surface area contributed by atoms with Crippen molar-refractivity contribution in [3.63, 3.8) is 0 Å². The number of nitrogens with zero attached hydrogens (tertiary/aromatic N) is 1. The Balaban J connectivity index is 1.84. The van der Waals surface area contributed by atoms with Crippen molar-refractivity contribution in [1.29, 1.82) is 0 Å². The van der Waals surface area contributed by atoms with E-state index in [4.69, 9.17) is 9.47 Å². The summed E-state index contributed by atoms with van der Waals surface area (Å²) in [5.74, 6) is 0.375. The Morgan fingerprint density at radius 2 is 1.94 bits per heavy atom. The van der Waals surface area contributed by atoms with Crippen molar-refractivity contribution < 1.29 is 24.2 Å². The fourth-order valence-corrected chi connectivity index (χ4v) is 3.55. The highest BCUT2D eigenvalue weighted by molar-refractivity contribution is 5.88. The molecule has 1 aliphatic rings. The van der Waals surface area contributed by atoms with E-state index in [0.717, 1.165) is 36.1 Å². The van der Waals surface area contributed by atoms with Gasteiger partial charge in [0.1, 0.15) is 11.5 Å². The Morgan fingerprint density at radius 3 is 2.68 bits per heavy atom. The molecule has 0 saturated heterocycles. The average molecular weight is 427 g/mol. The van der Waals surface area contributed by atoms with E-state index in [1.807, 2.05) is 36.1 Å². The maximum Gasteiger partial charge on any atom is 0.335 e. The number of ether oxygens (including phenoxy) is 2. The van der Waals surface area contributed by atoms with Crippen LogP contribution < -0.4 is 14.8 Å². The number of benzene rings is 2. The standard InChI is InChI=1S/C24H30N2O5/c1-2-30-21-10-6-18(7-11-21)15-26-16-20-9-8-19(24(28)29)14-22(20)31-13-5-3-4-12-25-23(27)17-26/h6-11,14H,2-5,12-13,15-17H2,1H3,(H,25,27)(H,28,29). The monoisotopic (exact) mass is 426 g/mol. The summed E-state index contributed by atoms with van der Waals surface area (Å²) in [6.07, 6.45) is 2.67. The van der Waals surface area contributed by atoms with E-state index in [1.165, 1.54) is 0 Å². The SMILES string of the molecule is CCOc1ccc(CN2CC(=O)NCCCCCOc3cc(C(=O)O)ccc3C2)cc1. The molecule has 1 amide bonds. The minimum Gasteiger partial charge on any atom is -0.494 e. The lowest BCUT2D eigenvalue weighted by atomic mass is 10.1. The molecule has 0 unspecified atom stereocenters. The Morgan fingerprint density at radius 1 is 1.13 bits per heavy atom. The number of nitrogens with one attached hydrogen (secondary N) is 1. The molecule has 2 aromatic carbocycles. The van der Waals surface area contributed by atoms with Gasteiger partial charge in [-0.3, -0.25) is 9.69 Å². The van der Waals surface area contributed by atoms with Gasteiger partial charge in [0.2, 0.25) is 5.91 Å². The predicted octanol–water partition coefficient (Wildman–Crippen LogP) is 3.46. The maximum absolute atomic E-state index is 12.5. The molecule has 0 spiro atoms. The van der Waals surface area contributed by atoms with Crippen molar-refractivity contribution in [2.24, 2.45) is 0 Å².